The van der Waals surface area contributed by atoms with Gasteiger partial charge in [0.1, 0.15) is 5.82 Å². The molecule has 2 aromatic rings. The van der Waals surface area contributed by atoms with Crippen molar-refractivity contribution in [1.29, 1.82) is 10.5 Å². The molecule has 0 aliphatic heterocycles. The molecule has 0 radical (unpaired) electrons. The zero-order chi connectivity index (χ0) is 19.4. The maximum absolute atomic E-state index is 12.5. The van der Waals surface area contributed by atoms with Crippen LogP contribution in [0.4, 0.5) is 10.1 Å². The molecule has 132 valence electrons. The normalized spacial score (nSPS) is 8.68. The average molecular weight is 339 g/mol. The average Bonchev–Trinajstić information content (AvgIpc) is 2.58. The Bertz CT molecular complexity index is 753. The van der Waals surface area contributed by atoms with Gasteiger partial charge in [-0.2, -0.15) is 10.5 Å². The molecule has 0 saturated carbocycles. The molecule has 0 atom stereocenters. The van der Waals surface area contributed by atoms with Crippen LogP contribution in [0.2, 0.25) is 0 Å². The van der Waals surface area contributed by atoms with Crippen LogP contribution in [-0.4, -0.2) is 14.1 Å². The summed E-state index contributed by atoms with van der Waals surface area (Å²) in [4.78, 5) is 2.04. The summed E-state index contributed by atoms with van der Waals surface area (Å²) in [7, 11) is 3.99. The van der Waals surface area contributed by atoms with Crippen LogP contribution < -0.4 is 4.90 Å². The molecular formula is C21H26FN3. The minimum Gasteiger partial charge on any atom is -0.377 e. The van der Waals surface area contributed by atoms with Crippen molar-refractivity contribution in [3.63, 3.8) is 0 Å². The van der Waals surface area contributed by atoms with Gasteiger partial charge in [0, 0.05) is 19.8 Å². The Morgan fingerprint density at radius 1 is 0.880 bits per heavy atom. The van der Waals surface area contributed by atoms with Crippen molar-refractivity contribution >= 4 is 5.69 Å². The molecule has 25 heavy (non-hydrogen) atoms. The van der Waals surface area contributed by atoms with E-state index >= 15 is 0 Å². The zero-order valence-corrected chi connectivity index (χ0v) is 15.9. The highest BCUT2D eigenvalue weighted by molar-refractivity contribution is 5.55. The fourth-order valence-corrected chi connectivity index (χ4v) is 1.94. The Labute approximate surface area is 150 Å². The van der Waals surface area contributed by atoms with E-state index in [4.69, 9.17) is 10.5 Å². The highest BCUT2D eigenvalue weighted by Crippen LogP contribution is 2.18. The number of hydrogen-bond donors (Lipinski definition) is 0. The first-order valence-electron chi connectivity index (χ1n) is 8.14. The van der Waals surface area contributed by atoms with Crippen LogP contribution in [0, 0.1) is 42.3 Å². The van der Waals surface area contributed by atoms with Crippen molar-refractivity contribution in [3.05, 3.63) is 64.5 Å². The zero-order valence-electron chi connectivity index (χ0n) is 15.9. The summed E-state index contributed by atoms with van der Waals surface area (Å²) in [6, 6.07) is 14.0. The van der Waals surface area contributed by atoms with Gasteiger partial charge in [-0.15, -0.1) is 0 Å². The van der Waals surface area contributed by atoms with Crippen LogP contribution >= 0.6 is 0 Å². The third-order valence-corrected chi connectivity index (χ3v) is 3.09. The molecule has 0 saturated heterocycles. The maximum Gasteiger partial charge on any atom is 0.126 e. The Morgan fingerprint density at radius 2 is 1.32 bits per heavy atom. The standard InChI is InChI=1S/C10H12N2.C8H6FN.C3H8/c1-8-6-9(7-11)4-5-10(8)12(2)3;1-6-4-7(5-10)2-3-8(6)9;1-3-2/h4-6H,1-3H3;2-4H,1H3;3H2,1-2H3. The van der Waals surface area contributed by atoms with E-state index in [0.29, 0.717) is 11.1 Å². The minimum absolute atomic E-state index is 0.265. The quantitative estimate of drug-likeness (QED) is 0.703. The Kier molecular flexibility index (Phi) is 10.3. The topological polar surface area (TPSA) is 50.8 Å². The third-order valence-electron chi connectivity index (χ3n) is 3.09. The predicted molar refractivity (Wildman–Crippen MR) is 102 cm³/mol. The summed E-state index contributed by atoms with van der Waals surface area (Å²) in [6.45, 7) is 7.90. The van der Waals surface area contributed by atoms with Crippen LogP contribution in [-0.2, 0) is 0 Å². The van der Waals surface area contributed by atoms with Gasteiger partial charge in [0.2, 0.25) is 0 Å². The van der Waals surface area contributed by atoms with Gasteiger partial charge in [0.05, 0.1) is 23.3 Å². The van der Waals surface area contributed by atoms with Crippen molar-refractivity contribution in [3.8, 4) is 12.1 Å². The van der Waals surface area contributed by atoms with E-state index in [2.05, 4.69) is 19.9 Å². The molecule has 2 aromatic carbocycles. The lowest BCUT2D eigenvalue weighted by Crippen LogP contribution is -2.09. The molecule has 0 unspecified atom stereocenters. The van der Waals surface area contributed by atoms with E-state index in [1.807, 2.05) is 50.2 Å². The first kappa shape index (κ1) is 22.2. The number of nitriles is 2. The number of anilines is 1. The Balaban J connectivity index is 0.000000403. The summed E-state index contributed by atoms with van der Waals surface area (Å²) >= 11 is 0. The van der Waals surface area contributed by atoms with Crippen LogP contribution in [0.15, 0.2) is 36.4 Å². The third kappa shape index (κ3) is 7.99. The second kappa shape index (κ2) is 11.6. The molecule has 0 bridgehead atoms. The van der Waals surface area contributed by atoms with E-state index < -0.39 is 0 Å². The van der Waals surface area contributed by atoms with E-state index in [1.165, 1.54) is 24.6 Å². The Morgan fingerprint density at radius 3 is 1.68 bits per heavy atom. The first-order valence-corrected chi connectivity index (χ1v) is 8.14. The molecule has 0 aliphatic rings. The molecule has 2 rings (SSSR count). The van der Waals surface area contributed by atoms with Gasteiger partial charge in [0.15, 0.2) is 0 Å². The van der Waals surface area contributed by atoms with Gasteiger partial charge in [-0.1, -0.05) is 20.3 Å². The molecule has 0 aliphatic carbocycles. The minimum atomic E-state index is -0.265. The lowest BCUT2D eigenvalue weighted by atomic mass is 10.1. The predicted octanol–water partition coefficient (Wildman–Crippen LogP) is 5.35. The summed E-state index contributed by atoms with van der Waals surface area (Å²) < 4.78 is 12.5. The summed E-state index contributed by atoms with van der Waals surface area (Å²) in [6.07, 6.45) is 1.25. The van der Waals surface area contributed by atoms with Crippen molar-refractivity contribution in [2.75, 3.05) is 19.0 Å². The number of benzene rings is 2. The second-order valence-electron chi connectivity index (χ2n) is 5.79. The number of rotatable bonds is 1. The van der Waals surface area contributed by atoms with Crippen LogP contribution in [0.1, 0.15) is 42.5 Å². The number of aryl methyl sites for hydroxylation is 2. The fraction of sp³-hybridized carbons (Fsp3) is 0.333. The summed E-state index contributed by atoms with van der Waals surface area (Å²) in [5, 5.41) is 17.0. The number of halogens is 1. The molecule has 0 amide bonds. The van der Waals surface area contributed by atoms with Crippen molar-refractivity contribution in [2.24, 2.45) is 0 Å². The molecule has 0 N–H and O–H groups in total. The van der Waals surface area contributed by atoms with E-state index in [9.17, 15) is 4.39 Å². The second-order valence-corrected chi connectivity index (χ2v) is 5.79. The SMILES string of the molecule is CCC.Cc1cc(C#N)ccc1F.Cc1cc(C#N)ccc1N(C)C. The molecule has 3 nitrogen and oxygen atoms in total. The van der Waals surface area contributed by atoms with Gasteiger partial charge in [0.25, 0.3) is 0 Å². The summed E-state index contributed by atoms with van der Waals surface area (Å²) in [5.41, 5.74) is 4.03. The molecule has 0 aromatic heterocycles. The highest BCUT2D eigenvalue weighted by atomic mass is 19.1. The van der Waals surface area contributed by atoms with E-state index in [-0.39, 0.29) is 5.82 Å². The number of hydrogen-bond acceptors (Lipinski definition) is 3. The maximum atomic E-state index is 12.5. The monoisotopic (exact) mass is 339 g/mol. The largest absolute Gasteiger partial charge is 0.377 e. The molecular weight excluding hydrogens is 313 g/mol. The van der Waals surface area contributed by atoms with Crippen molar-refractivity contribution in [1.82, 2.24) is 0 Å². The van der Waals surface area contributed by atoms with Gasteiger partial charge in [-0.25, -0.2) is 4.39 Å². The van der Waals surface area contributed by atoms with Gasteiger partial charge >= 0.3 is 0 Å². The van der Waals surface area contributed by atoms with Crippen molar-refractivity contribution < 1.29 is 4.39 Å². The summed E-state index contributed by atoms with van der Waals surface area (Å²) in [5.74, 6) is -0.265. The van der Waals surface area contributed by atoms with Gasteiger partial charge < -0.3 is 4.90 Å². The molecule has 0 spiro atoms. The molecule has 0 fully saturated rings. The van der Waals surface area contributed by atoms with Crippen molar-refractivity contribution in [2.45, 2.75) is 34.1 Å². The smallest absolute Gasteiger partial charge is 0.126 e. The van der Waals surface area contributed by atoms with Crippen LogP contribution in [0.5, 0.6) is 0 Å². The lowest BCUT2D eigenvalue weighted by molar-refractivity contribution is 0.618. The lowest BCUT2D eigenvalue weighted by Gasteiger charge is -2.14. The van der Waals surface area contributed by atoms with Crippen LogP contribution in [0.25, 0.3) is 0 Å². The van der Waals surface area contributed by atoms with E-state index in [1.54, 1.807) is 6.92 Å². The molecule has 0 heterocycles. The van der Waals surface area contributed by atoms with Crippen LogP contribution in [0.3, 0.4) is 0 Å². The molecule has 4 heteroatoms. The van der Waals surface area contributed by atoms with Gasteiger partial charge in [-0.3, -0.25) is 0 Å². The van der Waals surface area contributed by atoms with Gasteiger partial charge in [-0.05, 0) is 61.4 Å². The Hall–Kier alpha value is -2.85. The fourth-order valence-electron chi connectivity index (χ4n) is 1.94. The number of nitrogens with zero attached hydrogens (tertiary/aromatic N) is 3. The first-order chi connectivity index (χ1) is 11.8. The van der Waals surface area contributed by atoms with E-state index in [0.717, 1.165) is 16.8 Å². The highest BCUT2D eigenvalue weighted by Gasteiger charge is 2.00.